The van der Waals surface area contributed by atoms with E-state index >= 15 is 0 Å². The summed E-state index contributed by atoms with van der Waals surface area (Å²) in [6.45, 7) is 5.67. The summed E-state index contributed by atoms with van der Waals surface area (Å²) in [4.78, 5) is 80.2. The van der Waals surface area contributed by atoms with E-state index in [0.717, 1.165) is 93.3 Å². The number of anilines is 3. The summed E-state index contributed by atoms with van der Waals surface area (Å²) >= 11 is 1.43. The van der Waals surface area contributed by atoms with Crippen LogP contribution in [0.1, 0.15) is 107 Å². The van der Waals surface area contributed by atoms with Gasteiger partial charge in [0, 0.05) is 75.7 Å². The van der Waals surface area contributed by atoms with Crippen molar-refractivity contribution in [2.24, 2.45) is 13.0 Å². The number of carboxylic acid groups (broad SMARTS) is 1. The molecule has 0 radical (unpaired) electrons. The van der Waals surface area contributed by atoms with E-state index in [4.69, 9.17) is 14.8 Å². The van der Waals surface area contributed by atoms with Crippen LogP contribution in [0.4, 0.5) is 16.6 Å². The lowest BCUT2D eigenvalue weighted by molar-refractivity contribution is -0.134. The molecule has 0 spiro atoms. The number of thiazole rings is 1. The van der Waals surface area contributed by atoms with Gasteiger partial charge in [-0.25, -0.2) is 14.8 Å². The van der Waals surface area contributed by atoms with Crippen molar-refractivity contribution in [2.45, 2.75) is 89.7 Å². The van der Waals surface area contributed by atoms with Gasteiger partial charge < -0.3 is 24.5 Å². The van der Waals surface area contributed by atoms with Crippen molar-refractivity contribution in [3.05, 3.63) is 125 Å². The Balaban J connectivity index is 0.665. The molecule has 4 amide bonds. The number of aryl methyl sites for hydroxylation is 1. The second-order valence-corrected chi connectivity index (χ2v) is 21.1. The third-order valence-corrected chi connectivity index (χ3v) is 16.5. The van der Waals surface area contributed by atoms with Gasteiger partial charge in [-0.05, 0) is 129 Å². The first-order chi connectivity index (χ1) is 35.9. The molecule has 3 aromatic heterocycles. The van der Waals surface area contributed by atoms with E-state index in [1.807, 2.05) is 113 Å². The van der Waals surface area contributed by atoms with Gasteiger partial charge >= 0.3 is 5.97 Å². The van der Waals surface area contributed by atoms with Crippen LogP contribution in [-0.2, 0) is 34.4 Å². The second-order valence-electron chi connectivity index (χ2n) is 20.1. The number of carboxylic acids is 1. The molecule has 7 aromatic rings. The van der Waals surface area contributed by atoms with Crippen LogP contribution in [0, 0.1) is 12.8 Å². The maximum atomic E-state index is 13.7. The largest absolute Gasteiger partial charge is 0.490 e. The van der Waals surface area contributed by atoms with E-state index in [2.05, 4.69) is 26.6 Å². The standard InChI is InChI=1S/C57H59N9O7S/c1-34-38(39-23-25-48(59-52(39)56(71)72)66-28-27-36-10-6-12-40(43(36)33-66)54(69)61-57-58-44-14-3-4-17-47(44)74-57)11-8-16-46(34)73-37-21-19-35(20-22-37)9-5-18-50(68)65-31-29-64(30-32-65)45-15-7-13-41-51(62-63(2)53(41)45)42-24-26-49(67)60-55(42)70/h3-4,6-8,10-17,23,25,35,37,42H,5,9,18-22,24,26-33H2,1-2H3,(H,71,72)(H,58,61,69)(H,60,67,70)/t35-,37-,42?. The van der Waals surface area contributed by atoms with E-state index < -0.39 is 11.9 Å². The molecule has 17 heteroatoms. The fraction of sp³-hybridized carbons (Fsp3) is 0.368. The number of fused-ring (bicyclic) bond motifs is 3. The van der Waals surface area contributed by atoms with Crippen LogP contribution in [0.3, 0.4) is 0 Å². The Bertz CT molecular complexity index is 3300. The molecule has 6 heterocycles. The van der Waals surface area contributed by atoms with Gasteiger partial charge in [0.25, 0.3) is 5.91 Å². The molecule has 1 saturated carbocycles. The van der Waals surface area contributed by atoms with Gasteiger partial charge in [0.05, 0.1) is 39.1 Å². The van der Waals surface area contributed by atoms with Crippen molar-refractivity contribution < 1.29 is 33.8 Å². The SMILES string of the molecule is Cc1c(O[C@H]2CC[C@H](CCCC(=O)N3CCN(c4cccc5c(C6CCC(=O)NC6=O)nn(C)c45)CC3)CC2)cccc1-c1ccc(N2CCc3cccc(C(=O)Nc4nc5ccccc5s4)c3C2)nc1C(=O)O. The van der Waals surface area contributed by atoms with Gasteiger partial charge in [0.15, 0.2) is 10.8 Å². The summed E-state index contributed by atoms with van der Waals surface area (Å²) in [7, 11) is 1.89. The zero-order chi connectivity index (χ0) is 51.0. The number of pyridine rings is 1. The quantitative estimate of drug-likeness (QED) is 0.0930. The number of piperidine rings is 1. The van der Waals surface area contributed by atoms with Crippen LogP contribution in [0.5, 0.6) is 5.75 Å². The lowest BCUT2D eigenvalue weighted by Gasteiger charge is -2.36. The zero-order valence-corrected chi connectivity index (χ0v) is 42.5. The average Bonchev–Trinajstić information content (AvgIpc) is 3.99. The van der Waals surface area contributed by atoms with Crippen LogP contribution in [0.25, 0.3) is 32.2 Å². The number of hydrogen-bond donors (Lipinski definition) is 3. The van der Waals surface area contributed by atoms with Gasteiger partial charge in [-0.3, -0.25) is 34.5 Å². The number of piperazine rings is 1. The fourth-order valence-corrected chi connectivity index (χ4v) is 12.4. The van der Waals surface area contributed by atoms with Gasteiger partial charge in [-0.1, -0.05) is 59.9 Å². The highest BCUT2D eigenvalue weighted by Gasteiger charge is 2.33. The molecule has 1 unspecified atom stereocenters. The Morgan fingerprint density at radius 2 is 1.62 bits per heavy atom. The van der Waals surface area contributed by atoms with Gasteiger partial charge in [0.1, 0.15) is 11.6 Å². The first-order valence-corrected chi connectivity index (χ1v) is 26.6. The summed E-state index contributed by atoms with van der Waals surface area (Å²) in [6.07, 6.45) is 7.68. The predicted molar refractivity (Wildman–Crippen MR) is 285 cm³/mol. The minimum atomic E-state index is -1.12. The van der Waals surface area contributed by atoms with Crippen LogP contribution in [0.2, 0.25) is 0 Å². The molecule has 3 N–H and O–H groups in total. The molecule has 4 aromatic carbocycles. The van der Waals surface area contributed by atoms with Crippen molar-refractivity contribution in [3.8, 4) is 16.9 Å². The maximum Gasteiger partial charge on any atom is 0.355 e. The highest BCUT2D eigenvalue weighted by Crippen LogP contribution is 2.39. The number of hydrogen-bond acceptors (Lipinski definition) is 12. The monoisotopic (exact) mass is 1010 g/mol. The lowest BCUT2D eigenvalue weighted by atomic mass is 9.84. The smallest absolute Gasteiger partial charge is 0.355 e. The number of para-hydroxylation sites is 2. The molecule has 1 atom stereocenters. The third kappa shape index (κ3) is 9.79. The second kappa shape index (κ2) is 20.7. The lowest BCUT2D eigenvalue weighted by Crippen LogP contribution is -2.48. The summed E-state index contributed by atoms with van der Waals surface area (Å²) < 4.78 is 9.48. The Morgan fingerprint density at radius 1 is 0.824 bits per heavy atom. The van der Waals surface area contributed by atoms with Crippen LogP contribution >= 0.6 is 11.3 Å². The predicted octanol–water partition coefficient (Wildman–Crippen LogP) is 9.04. The van der Waals surface area contributed by atoms with Crippen molar-refractivity contribution in [3.63, 3.8) is 0 Å². The molecule has 11 rings (SSSR count). The molecule has 3 aliphatic heterocycles. The number of imide groups is 1. The van der Waals surface area contributed by atoms with Crippen molar-refractivity contribution in [1.29, 1.82) is 0 Å². The number of rotatable bonds is 13. The minimum Gasteiger partial charge on any atom is -0.490 e. The first kappa shape index (κ1) is 48.6. The number of nitrogens with zero attached hydrogens (tertiary/aromatic N) is 7. The topological polar surface area (TPSA) is 192 Å². The van der Waals surface area contributed by atoms with E-state index in [1.165, 1.54) is 11.3 Å². The van der Waals surface area contributed by atoms with Gasteiger partial charge in [0.2, 0.25) is 17.7 Å². The molecule has 74 heavy (non-hydrogen) atoms. The third-order valence-electron chi connectivity index (χ3n) is 15.5. The molecule has 4 aliphatic rings. The van der Waals surface area contributed by atoms with E-state index in [1.54, 1.807) is 0 Å². The number of amides is 4. The summed E-state index contributed by atoms with van der Waals surface area (Å²) in [5.74, 6) is -0.376. The summed E-state index contributed by atoms with van der Waals surface area (Å²) in [6, 6.07) is 29.1. The maximum absolute atomic E-state index is 13.7. The van der Waals surface area contributed by atoms with E-state index in [-0.39, 0.29) is 35.4 Å². The van der Waals surface area contributed by atoms with Crippen LogP contribution < -0.4 is 25.2 Å². The first-order valence-electron chi connectivity index (χ1n) is 25.8. The molecule has 0 bridgehead atoms. The fourth-order valence-electron chi connectivity index (χ4n) is 11.5. The summed E-state index contributed by atoms with van der Waals surface area (Å²) in [5, 5.41) is 22.2. The molecule has 16 nitrogen and oxygen atoms in total. The average molecular weight is 1010 g/mol. The van der Waals surface area contributed by atoms with E-state index in [0.29, 0.717) is 98.6 Å². The number of ether oxygens (including phenoxy) is 1. The van der Waals surface area contributed by atoms with Crippen molar-refractivity contribution in [1.82, 2.24) is 30.0 Å². The molecular weight excluding hydrogens is 955 g/mol. The Hall–Kier alpha value is -7.66. The highest BCUT2D eigenvalue weighted by atomic mass is 32.1. The number of carbonyl (C=O) groups is 5. The van der Waals surface area contributed by atoms with Crippen LogP contribution in [0.15, 0.2) is 91.0 Å². The zero-order valence-electron chi connectivity index (χ0n) is 41.6. The molecule has 2 saturated heterocycles. The highest BCUT2D eigenvalue weighted by molar-refractivity contribution is 7.22. The number of nitrogens with one attached hydrogen (secondary N) is 2. The minimum absolute atomic E-state index is 0.0361. The number of aromatic nitrogens is 4. The van der Waals surface area contributed by atoms with Gasteiger partial charge in [-0.2, -0.15) is 5.10 Å². The Labute approximate surface area is 432 Å². The molecule has 3 fully saturated rings. The Morgan fingerprint density at radius 3 is 2.42 bits per heavy atom. The normalized spacial score (nSPS) is 19.1. The number of aromatic carboxylic acids is 1. The number of benzene rings is 4. The van der Waals surface area contributed by atoms with Crippen LogP contribution in [-0.4, -0.2) is 98.2 Å². The van der Waals surface area contributed by atoms with E-state index in [9.17, 15) is 29.1 Å². The molecular formula is C57H59N9O7S. The van der Waals surface area contributed by atoms with Crippen molar-refractivity contribution >= 4 is 78.7 Å². The van der Waals surface area contributed by atoms with Crippen molar-refractivity contribution in [2.75, 3.05) is 47.8 Å². The molecule has 380 valence electrons. The van der Waals surface area contributed by atoms with Gasteiger partial charge in [-0.15, -0.1) is 0 Å². The summed E-state index contributed by atoms with van der Waals surface area (Å²) in [5.41, 5.74) is 8.11. The Kier molecular flexibility index (Phi) is 13.6. The molecule has 1 aliphatic carbocycles. The number of carbonyl (C=O) groups excluding carboxylic acids is 4.